The van der Waals surface area contributed by atoms with Gasteiger partial charge in [-0.2, -0.15) is 0 Å². The second-order valence-electron chi connectivity index (χ2n) is 3.70. The molecule has 0 saturated carbocycles. The fourth-order valence-corrected chi connectivity index (χ4v) is 1.52. The zero-order valence-corrected chi connectivity index (χ0v) is 10.3. The van der Waals surface area contributed by atoms with E-state index in [2.05, 4.69) is 4.74 Å². The minimum Gasteiger partial charge on any atom is -0.485 e. The number of para-hydroxylation sites is 1. The molecule has 0 atom stereocenters. The van der Waals surface area contributed by atoms with Gasteiger partial charge in [-0.25, -0.2) is 4.79 Å². The number of carbonyl (C=O) groups is 2. The number of methoxy groups -OCH3 is 1. The number of rotatable bonds is 5. The van der Waals surface area contributed by atoms with Gasteiger partial charge in [-0.1, -0.05) is 12.1 Å². The number of hydrogen-bond donors (Lipinski definition) is 0. The number of aldehydes is 1. The minimum atomic E-state index is -0.542. The highest BCUT2D eigenvalue weighted by Gasteiger charge is 2.11. The van der Waals surface area contributed by atoms with Gasteiger partial charge in [0.15, 0.2) is 6.29 Å². The molecule has 0 aliphatic heterocycles. The van der Waals surface area contributed by atoms with Crippen LogP contribution in [0.1, 0.15) is 26.7 Å². The third-order valence-electron chi connectivity index (χ3n) is 2.46. The maximum Gasteiger partial charge on any atom is 0.373 e. The Labute approximate surface area is 109 Å². The maximum atomic E-state index is 11.2. The van der Waals surface area contributed by atoms with Crippen molar-refractivity contribution in [2.45, 2.75) is 6.61 Å². The van der Waals surface area contributed by atoms with Crippen LogP contribution in [0.15, 0.2) is 40.8 Å². The van der Waals surface area contributed by atoms with E-state index in [-0.39, 0.29) is 12.4 Å². The molecule has 0 radical (unpaired) electrons. The average molecular weight is 260 g/mol. The van der Waals surface area contributed by atoms with Gasteiger partial charge in [-0.05, 0) is 24.3 Å². The first-order chi connectivity index (χ1) is 9.24. The van der Waals surface area contributed by atoms with Crippen LogP contribution in [0.5, 0.6) is 5.75 Å². The fraction of sp³-hybridized carbons (Fsp3) is 0.143. The molecular formula is C14H12O5. The molecule has 0 aliphatic carbocycles. The monoisotopic (exact) mass is 260 g/mol. The van der Waals surface area contributed by atoms with E-state index < -0.39 is 5.97 Å². The Morgan fingerprint density at radius 3 is 2.79 bits per heavy atom. The van der Waals surface area contributed by atoms with Crippen molar-refractivity contribution in [1.82, 2.24) is 0 Å². The van der Waals surface area contributed by atoms with Crippen LogP contribution in [0.4, 0.5) is 0 Å². The maximum absolute atomic E-state index is 11.2. The lowest BCUT2D eigenvalue weighted by Gasteiger charge is -2.06. The normalized spacial score (nSPS) is 9.95. The second kappa shape index (κ2) is 5.86. The Balaban J connectivity index is 2.04. The van der Waals surface area contributed by atoms with Gasteiger partial charge in [-0.15, -0.1) is 0 Å². The standard InChI is InChI=1S/C14H12O5/c1-17-14(16)13-7-6-11(19-13)9-18-12-5-3-2-4-10(12)8-15/h2-8H,9H2,1H3. The lowest BCUT2D eigenvalue weighted by molar-refractivity contribution is 0.0561. The first kappa shape index (κ1) is 12.9. The molecule has 0 spiro atoms. The second-order valence-corrected chi connectivity index (χ2v) is 3.70. The molecular weight excluding hydrogens is 248 g/mol. The van der Waals surface area contributed by atoms with Crippen molar-refractivity contribution >= 4 is 12.3 Å². The first-order valence-electron chi connectivity index (χ1n) is 5.58. The zero-order chi connectivity index (χ0) is 13.7. The highest BCUT2D eigenvalue weighted by atomic mass is 16.5. The number of hydrogen-bond acceptors (Lipinski definition) is 5. The third kappa shape index (κ3) is 3.01. The van der Waals surface area contributed by atoms with Crippen molar-refractivity contribution in [2.24, 2.45) is 0 Å². The van der Waals surface area contributed by atoms with Gasteiger partial charge in [0.05, 0.1) is 12.7 Å². The van der Waals surface area contributed by atoms with E-state index in [0.29, 0.717) is 17.1 Å². The molecule has 0 aliphatic rings. The average Bonchev–Trinajstić information content (AvgIpc) is 2.93. The van der Waals surface area contributed by atoms with Crippen LogP contribution in [-0.2, 0) is 11.3 Å². The molecule has 1 heterocycles. The van der Waals surface area contributed by atoms with Gasteiger partial charge in [0.1, 0.15) is 18.1 Å². The largest absolute Gasteiger partial charge is 0.485 e. The van der Waals surface area contributed by atoms with E-state index in [9.17, 15) is 9.59 Å². The van der Waals surface area contributed by atoms with E-state index >= 15 is 0 Å². The molecule has 2 rings (SSSR count). The Morgan fingerprint density at radius 2 is 2.05 bits per heavy atom. The van der Waals surface area contributed by atoms with Gasteiger partial charge in [0.2, 0.25) is 5.76 Å². The Bertz CT molecular complexity index is 585. The molecule has 0 saturated heterocycles. The Kier molecular flexibility index (Phi) is 3.97. The molecule has 0 bridgehead atoms. The molecule has 2 aromatic rings. The van der Waals surface area contributed by atoms with Gasteiger partial charge in [0.25, 0.3) is 0 Å². The summed E-state index contributed by atoms with van der Waals surface area (Å²) in [5.74, 6) is 0.513. The Morgan fingerprint density at radius 1 is 1.26 bits per heavy atom. The summed E-state index contributed by atoms with van der Waals surface area (Å²) in [5.41, 5.74) is 0.460. The summed E-state index contributed by atoms with van der Waals surface area (Å²) in [6.45, 7) is 0.127. The number of carbonyl (C=O) groups excluding carboxylic acids is 2. The van der Waals surface area contributed by atoms with Crippen molar-refractivity contribution < 1.29 is 23.5 Å². The lowest BCUT2D eigenvalue weighted by atomic mass is 10.2. The molecule has 98 valence electrons. The van der Waals surface area contributed by atoms with Gasteiger partial charge >= 0.3 is 5.97 Å². The van der Waals surface area contributed by atoms with Crippen molar-refractivity contribution in [3.05, 3.63) is 53.5 Å². The molecule has 1 aromatic heterocycles. The minimum absolute atomic E-state index is 0.116. The van der Waals surface area contributed by atoms with E-state index in [1.807, 2.05) is 0 Å². The third-order valence-corrected chi connectivity index (χ3v) is 2.46. The molecule has 19 heavy (non-hydrogen) atoms. The molecule has 1 aromatic carbocycles. The summed E-state index contributed by atoms with van der Waals surface area (Å²) in [5, 5.41) is 0. The summed E-state index contributed by atoms with van der Waals surface area (Å²) >= 11 is 0. The number of ether oxygens (including phenoxy) is 2. The van der Waals surface area contributed by atoms with Crippen molar-refractivity contribution in [3.8, 4) is 5.75 Å². The van der Waals surface area contributed by atoms with E-state index in [1.54, 1.807) is 30.3 Å². The predicted molar refractivity (Wildman–Crippen MR) is 66.2 cm³/mol. The van der Waals surface area contributed by atoms with Crippen molar-refractivity contribution in [3.63, 3.8) is 0 Å². The Hall–Kier alpha value is -2.56. The van der Waals surface area contributed by atoms with Crippen LogP contribution >= 0.6 is 0 Å². The van der Waals surface area contributed by atoms with Gasteiger partial charge < -0.3 is 13.9 Å². The lowest BCUT2D eigenvalue weighted by Crippen LogP contribution is -1.99. The van der Waals surface area contributed by atoms with E-state index in [0.717, 1.165) is 6.29 Å². The van der Waals surface area contributed by atoms with Crippen LogP contribution in [0, 0.1) is 0 Å². The smallest absolute Gasteiger partial charge is 0.373 e. The summed E-state index contributed by atoms with van der Waals surface area (Å²) in [6.07, 6.45) is 0.720. The van der Waals surface area contributed by atoms with E-state index in [4.69, 9.17) is 9.15 Å². The van der Waals surface area contributed by atoms with E-state index in [1.165, 1.54) is 13.2 Å². The van der Waals surface area contributed by atoms with Crippen molar-refractivity contribution in [2.75, 3.05) is 7.11 Å². The summed E-state index contributed by atoms with van der Waals surface area (Å²) in [6, 6.07) is 9.99. The van der Waals surface area contributed by atoms with Gasteiger partial charge in [-0.3, -0.25) is 4.79 Å². The van der Waals surface area contributed by atoms with Crippen molar-refractivity contribution in [1.29, 1.82) is 0 Å². The quantitative estimate of drug-likeness (QED) is 0.610. The van der Waals surface area contributed by atoms with Crippen LogP contribution in [0.2, 0.25) is 0 Å². The highest BCUT2D eigenvalue weighted by molar-refractivity contribution is 5.86. The summed E-state index contributed by atoms with van der Waals surface area (Å²) < 4.78 is 15.2. The molecule has 5 heteroatoms. The summed E-state index contributed by atoms with van der Waals surface area (Å²) in [7, 11) is 1.28. The molecule has 5 nitrogen and oxygen atoms in total. The highest BCUT2D eigenvalue weighted by Crippen LogP contribution is 2.18. The van der Waals surface area contributed by atoms with Crippen LogP contribution in [0.25, 0.3) is 0 Å². The van der Waals surface area contributed by atoms with Crippen LogP contribution in [-0.4, -0.2) is 19.4 Å². The van der Waals surface area contributed by atoms with Crippen LogP contribution < -0.4 is 4.74 Å². The number of furan rings is 1. The topological polar surface area (TPSA) is 65.7 Å². The predicted octanol–water partition coefficient (Wildman–Crippen LogP) is 2.46. The zero-order valence-electron chi connectivity index (χ0n) is 10.3. The molecule has 0 amide bonds. The first-order valence-corrected chi connectivity index (χ1v) is 5.58. The SMILES string of the molecule is COC(=O)c1ccc(COc2ccccc2C=O)o1. The summed E-state index contributed by atoms with van der Waals surface area (Å²) in [4.78, 5) is 22.0. The van der Waals surface area contributed by atoms with Gasteiger partial charge in [0, 0.05) is 0 Å². The van der Waals surface area contributed by atoms with Crippen LogP contribution in [0.3, 0.4) is 0 Å². The molecule has 0 N–H and O–H groups in total. The molecule has 0 unspecified atom stereocenters. The number of benzene rings is 1. The number of esters is 1. The fourth-order valence-electron chi connectivity index (χ4n) is 1.52. The molecule has 0 fully saturated rings.